The highest BCUT2D eigenvalue weighted by Gasteiger charge is 2.41. The van der Waals surface area contributed by atoms with Crippen molar-refractivity contribution in [2.24, 2.45) is 0 Å². The molecule has 1 aliphatic rings. The first-order valence-electron chi connectivity index (χ1n) is 9.41. The molecule has 0 bridgehead atoms. The number of hydrogen-bond acceptors (Lipinski definition) is 6. The van der Waals surface area contributed by atoms with Gasteiger partial charge in [-0.25, -0.2) is 4.79 Å². The standard InChI is InChI=1S/C22H29NO5S/c1-12(19(26)28-8)23-18(25)16(29-20(23)27)11-13-9-14(21(2,3)4)17(24)15(10-13)22(5,6)7/h9-12,24H,1-8H3/b16-11+/t12-/m0/s1. The van der Waals surface area contributed by atoms with Gasteiger partial charge in [0.05, 0.1) is 12.0 Å². The Bertz CT molecular complexity index is 854. The van der Waals surface area contributed by atoms with E-state index in [9.17, 15) is 19.5 Å². The predicted octanol–water partition coefficient (Wildman–Crippen LogP) is 4.59. The van der Waals surface area contributed by atoms with Gasteiger partial charge in [0.25, 0.3) is 11.1 Å². The van der Waals surface area contributed by atoms with Crippen LogP contribution in [0.1, 0.15) is 65.2 Å². The summed E-state index contributed by atoms with van der Waals surface area (Å²) in [7, 11) is 1.21. The minimum Gasteiger partial charge on any atom is -0.507 e. The van der Waals surface area contributed by atoms with Crippen molar-refractivity contribution < 1.29 is 24.2 Å². The number of aromatic hydroxyl groups is 1. The molecule has 158 valence electrons. The van der Waals surface area contributed by atoms with Gasteiger partial charge in [-0.2, -0.15) is 0 Å². The van der Waals surface area contributed by atoms with Crippen LogP contribution in [0.2, 0.25) is 0 Å². The Kier molecular flexibility index (Phi) is 6.23. The zero-order valence-corrected chi connectivity index (χ0v) is 19.1. The molecule has 1 atom stereocenters. The minimum absolute atomic E-state index is 0.233. The summed E-state index contributed by atoms with van der Waals surface area (Å²) in [5, 5.41) is 10.3. The van der Waals surface area contributed by atoms with E-state index < -0.39 is 23.2 Å². The zero-order valence-electron chi connectivity index (χ0n) is 18.2. The average Bonchev–Trinajstić information content (AvgIpc) is 2.86. The predicted molar refractivity (Wildman–Crippen MR) is 115 cm³/mol. The average molecular weight is 420 g/mol. The topological polar surface area (TPSA) is 83.9 Å². The number of methoxy groups -OCH3 is 1. The zero-order chi connectivity index (χ0) is 22.3. The number of carbonyl (C=O) groups is 3. The van der Waals surface area contributed by atoms with Gasteiger partial charge in [-0.3, -0.25) is 14.5 Å². The Morgan fingerprint density at radius 3 is 2.00 bits per heavy atom. The van der Waals surface area contributed by atoms with Crippen LogP contribution >= 0.6 is 11.8 Å². The van der Waals surface area contributed by atoms with Crippen LogP contribution in [-0.4, -0.2) is 40.3 Å². The SMILES string of the molecule is COC(=O)[C@H](C)N1C(=O)S/C(=C/c2cc(C(C)(C)C)c(O)c(C(C)(C)C)c2)C1=O. The number of benzene rings is 1. The number of phenols is 1. The van der Waals surface area contributed by atoms with Crippen LogP contribution in [0.25, 0.3) is 6.08 Å². The fourth-order valence-electron chi connectivity index (χ4n) is 3.12. The van der Waals surface area contributed by atoms with Gasteiger partial charge in [-0.1, -0.05) is 41.5 Å². The summed E-state index contributed by atoms with van der Waals surface area (Å²) < 4.78 is 4.65. The molecule has 1 aliphatic heterocycles. The van der Waals surface area contributed by atoms with E-state index in [4.69, 9.17) is 0 Å². The third kappa shape index (κ3) is 4.66. The third-order valence-corrected chi connectivity index (χ3v) is 5.68. The summed E-state index contributed by atoms with van der Waals surface area (Å²) in [6.45, 7) is 13.5. The van der Waals surface area contributed by atoms with E-state index in [-0.39, 0.29) is 21.5 Å². The maximum absolute atomic E-state index is 12.8. The number of hydrogen-bond donors (Lipinski definition) is 1. The van der Waals surface area contributed by atoms with E-state index in [2.05, 4.69) is 4.74 Å². The van der Waals surface area contributed by atoms with Crippen LogP contribution in [0.15, 0.2) is 17.0 Å². The van der Waals surface area contributed by atoms with Gasteiger partial charge >= 0.3 is 5.97 Å². The van der Waals surface area contributed by atoms with Crippen LogP contribution in [0.4, 0.5) is 4.79 Å². The smallest absolute Gasteiger partial charge is 0.328 e. The van der Waals surface area contributed by atoms with Gasteiger partial charge in [0.1, 0.15) is 11.8 Å². The molecule has 0 unspecified atom stereocenters. The molecule has 29 heavy (non-hydrogen) atoms. The lowest BCUT2D eigenvalue weighted by atomic mass is 9.78. The summed E-state index contributed by atoms with van der Waals surface area (Å²) in [4.78, 5) is 38.0. The molecule has 1 saturated heterocycles. The molecule has 1 aromatic carbocycles. The van der Waals surface area contributed by atoms with Crippen molar-refractivity contribution in [3.63, 3.8) is 0 Å². The van der Waals surface area contributed by atoms with Crippen molar-refractivity contribution in [3.05, 3.63) is 33.7 Å². The summed E-state index contributed by atoms with van der Waals surface area (Å²) >= 11 is 0.792. The first-order valence-corrected chi connectivity index (χ1v) is 10.2. The normalized spacial score (nSPS) is 17.8. The van der Waals surface area contributed by atoms with E-state index in [1.54, 1.807) is 6.08 Å². The molecule has 1 heterocycles. The first kappa shape index (κ1) is 23.0. The molecule has 6 nitrogen and oxygen atoms in total. The minimum atomic E-state index is -0.992. The van der Waals surface area contributed by atoms with Crippen LogP contribution in [0, 0.1) is 0 Å². The number of ether oxygens (including phenoxy) is 1. The van der Waals surface area contributed by atoms with Crippen molar-refractivity contribution in [1.29, 1.82) is 0 Å². The summed E-state index contributed by atoms with van der Waals surface area (Å²) in [6.07, 6.45) is 1.64. The molecular formula is C22H29NO5S. The van der Waals surface area contributed by atoms with Gasteiger partial charge in [-0.15, -0.1) is 0 Å². The molecule has 1 aromatic rings. The molecule has 0 spiro atoms. The fraction of sp³-hybridized carbons (Fsp3) is 0.500. The second-order valence-corrected chi connectivity index (χ2v) is 10.2. The quantitative estimate of drug-likeness (QED) is 0.570. The maximum Gasteiger partial charge on any atom is 0.328 e. The monoisotopic (exact) mass is 419 g/mol. The fourth-order valence-corrected chi connectivity index (χ4v) is 4.03. The highest BCUT2D eigenvalue weighted by Crippen LogP contribution is 2.41. The maximum atomic E-state index is 12.8. The van der Waals surface area contributed by atoms with Gasteiger partial charge in [0.2, 0.25) is 0 Å². The van der Waals surface area contributed by atoms with Crippen LogP contribution < -0.4 is 0 Å². The number of carbonyl (C=O) groups excluding carboxylic acids is 3. The molecule has 2 rings (SSSR count). The highest BCUT2D eigenvalue weighted by molar-refractivity contribution is 8.18. The van der Waals surface area contributed by atoms with E-state index in [0.717, 1.165) is 27.8 Å². The van der Waals surface area contributed by atoms with Gasteiger partial charge in [0, 0.05) is 11.1 Å². The molecule has 1 fully saturated rings. The lowest BCUT2D eigenvalue weighted by Gasteiger charge is -2.28. The van der Waals surface area contributed by atoms with E-state index in [1.165, 1.54) is 14.0 Å². The number of nitrogens with zero attached hydrogens (tertiary/aromatic N) is 1. The van der Waals surface area contributed by atoms with Crippen LogP contribution in [-0.2, 0) is 25.2 Å². The lowest BCUT2D eigenvalue weighted by molar-refractivity contribution is -0.148. The van der Waals surface area contributed by atoms with Crippen LogP contribution in [0.3, 0.4) is 0 Å². The molecular weight excluding hydrogens is 390 g/mol. The first-order chi connectivity index (χ1) is 13.2. The largest absolute Gasteiger partial charge is 0.507 e. The number of imide groups is 1. The third-order valence-electron chi connectivity index (χ3n) is 4.80. The summed E-state index contributed by atoms with van der Waals surface area (Å²) in [5.41, 5.74) is 1.62. The lowest BCUT2D eigenvalue weighted by Crippen LogP contribution is -2.42. The Labute approximate surface area is 176 Å². The molecule has 0 saturated carbocycles. The van der Waals surface area contributed by atoms with Gasteiger partial charge < -0.3 is 9.84 Å². The highest BCUT2D eigenvalue weighted by atomic mass is 32.2. The van der Waals surface area contributed by atoms with Crippen molar-refractivity contribution in [2.45, 2.75) is 65.3 Å². The summed E-state index contributed by atoms with van der Waals surface area (Å²) in [5.74, 6) is -0.932. The second kappa shape index (κ2) is 7.86. The number of thioether (sulfide) groups is 1. The molecule has 7 heteroatoms. The molecule has 1 N–H and O–H groups in total. The molecule has 0 aromatic heterocycles. The van der Waals surface area contributed by atoms with Crippen molar-refractivity contribution in [3.8, 4) is 5.75 Å². The van der Waals surface area contributed by atoms with Crippen molar-refractivity contribution in [2.75, 3.05) is 7.11 Å². The summed E-state index contributed by atoms with van der Waals surface area (Å²) in [6, 6.07) is 2.68. The van der Waals surface area contributed by atoms with Crippen molar-refractivity contribution in [1.82, 2.24) is 4.90 Å². The van der Waals surface area contributed by atoms with E-state index >= 15 is 0 Å². The Morgan fingerprint density at radius 1 is 1.10 bits per heavy atom. The number of phenolic OH excluding ortho intramolecular Hbond substituents is 1. The Balaban J connectivity index is 2.56. The van der Waals surface area contributed by atoms with E-state index in [0.29, 0.717) is 5.56 Å². The van der Waals surface area contributed by atoms with E-state index in [1.807, 2.05) is 53.7 Å². The Morgan fingerprint density at radius 2 is 1.59 bits per heavy atom. The number of amides is 2. The molecule has 2 amide bonds. The van der Waals surface area contributed by atoms with Gasteiger partial charge in [-0.05, 0) is 53.3 Å². The van der Waals surface area contributed by atoms with Crippen molar-refractivity contribution >= 4 is 35.0 Å². The number of esters is 1. The Hall–Kier alpha value is -2.28. The second-order valence-electron chi connectivity index (χ2n) is 9.22. The number of rotatable bonds is 3. The molecule has 0 aliphatic carbocycles. The van der Waals surface area contributed by atoms with Gasteiger partial charge in [0.15, 0.2) is 0 Å². The molecule has 0 radical (unpaired) electrons. The van der Waals surface area contributed by atoms with Crippen LogP contribution in [0.5, 0.6) is 5.75 Å².